The molecule has 0 aliphatic carbocycles. The molecule has 1 heterocycles. The van der Waals surface area contributed by atoms with E-state index in [2.05, 4.69) is 53.6 Å². The van der Waals surface area contributed by atoms with Gasteiger partial charge < -0.3 is 20.3 Å². The van der Waals surface area contributed by atoms with Gasteiger partial charge in [-0.2, -0.15) is 0 Å². The van der Waals surface area contributed by atoms with E-state index in [1.54, 1.807) is 7.11 Å². The van der Waals surface area contributed by atoms with Crippen LogP contribution in [0.2, 0.25) is 0 Å². The molecule has 5 nitrogen and oxygen atoms in total. The number of methoxy groups -OCH3 is 1. The highest BCUT2D eigenvalue weighted by atomic mass is 16.5. The van der Waals surface area contributed by atoms with Gasteiger partial charge >= 0.3 is 0 Å². The second kappa shape index (κ2) is 9.40. The number of ether oxygens (including phenoxy) is 1. The van der Waals surface area contributed by atoms with Crippen molar-refractivity contribution in [1.29, 1.82) is 0 Å². The van der Waals surface area contributed by atoms with Crippen molar-refractivity contribution in [2.24, 2.45) is 4.99 Å². The lowest BCUT2D eigenvalue weighted by molar-refractivity contribution is 0.195. The number of nitrogens with one attached hydrogen (secondary N) is 2. The molecule has 0 fully saturated rings. The number of anilines is 1. The Balaban J connectivity index is 1.88. The molecule has 0 radical (unpaired) electrons. The first kappa shape index (κ1) is 17.6. The lowest BCUT2D eigenvalue weighted by atomic mass is 10.2. The molecular weight excluding hydrogens is 288 g/mol. The third-order valence-corrected chi connectivity index (χ3v) is 4.13. The summed E-state index contributed by atoms with van der Waals surface area (Å²) in [5.41, 5.74) is 2.82. The lowest BCUT2D eigenvalue weighted by Crippen LogP contribution is -2.40. The van der Waals surface area contributed by atoms with Crippen LogP contribution in [0.1, 0.15) is 25.8 Å². The maximum absolute atomic E-state index is 5.08. The van der Waals surface area contributed by atoms with E-state index in [1.165, 1.54) is 11.3 Å². The van der Waals surface area contributed by atoms with Crippen molar-refractivity contribution in [3.05, 3.63) is 29.8 Å². The summed E-state index contributed by atoms with van der Waals surface area (Å²) in [5.74, 6) is 0.892. The van der Waals surface area contributed by atoms with Crippen LogP contribution in [0.5, 0.6) is 0 Å². The summed E-state index contributed by atoms with van der Waals surface area (Å²) < 4.78 is 5.08. The Labute approximate surface area is 140 Å². The van der Waals surface area contributed by atoms with Crippen LogP contribution in [-0.2, 0) is 11.2 Å². The molecule has 1 unspecified atom stereocenters. The van der Waals surface area contributed by atoms with Crippen molar-refractivity contribution in [3.8, 4) is 0 Å². The van der Waals surface area contributed by atoms with Crippen molar-refractivity contribution in [2.75, 3.05) is 44.8 Å². The Morgan fingerprint density at radius 1 is 1.35 bits per heavy atom. The maximum atomic E-state index is 5.08. The second-order valence-corrected chi connectivity index (χ2v) is 5.91. The van der Waals surface area contributed by atoms with Gasteiger partial charge in [0, 0.05) is 45.1 Å². The number of hydrogen-bond donors (Lipinski definition) is 2. The number of para-hydroxylation sites is 1. The molecule has 0 saturated carbocycles. The number of hydrogen-bond acceptors (Lipinski definition) is 3. The fourth-order valence-electron chi connectivity index (χ4n) is 2.91. The molecule has 0 aromatic heterocycles. The van der Waals surface area contributed by atoms with Crippen molar-refractivity contribution >= 4 is 11.6 Å². The summed E-state index contributed by atoms with van der Waals surface area (Å²) in [6, 6.07) is 9.09. The molecule has 1 atom stereocenters. The SMILES string of the molecule is CCNC(=NCC(C)N1CCc2ccccc21)NCCCOC. The van der Waals surface area contributed by atoms with Crippen LogP contribution in [0.3, 0.4) is 0 Å². The van der Waals surface area contributed by atoms with Crippen molar-refractivity contribution in [2.45, 2.75) is 32.7 Å². The zero-order chi connectivity index (χ0) is 16.5. The topological polar surface area (TPSA) is 48.9 Å². The number of benzene rings is 1. The van der Waals surface area contributed by atoms with Gasteiger partial charge in [0.2, 0.25) is 0 Å². The van der Waals surface area contributed by atoms with Crippen LogP contribution < -0.4 is 15.5 Å². The minimum Gasteiger partial charge on any atom is -0.385 e. The van der Waals surface area contributed by atoms with Gasteiger partial charge in [0.05, 0.1) is 6.54 Å². The molecule has 0 spiro atoms. The van der Waals surface area contributed by atoms with Gasteiger partial charge in [-0.05, 0) is 38.3 Å². The molecule has 1 aliphatic rings. The summed E-state index contributed by atoms with van der Waals surface area (Å²) in [5, 5.41) is 6.67. The number of rotatable bonds is 8. The number of fused-ring (bicyclic) bond motifs is 1. The summed E-state index contributed by atoms with van der Waals surface area (Å²) in [6.07, 6.45) is 2.12. The summed E-state index contributed by atoms with van der Waals surface area (Å²) in [7, 11) is 1.73. The predicted molar refractivity (Wildman–Crippen MR) is 97.4 cm³/mol. The standard InChI is InChI=1S/C18H30N4O/c1-4-19-18(20-11-7-13-23-3)21-14-15(2)22-12-10-16-8-5-6-9-17(16)22/h5-6,8-9,15H,4,7,10-14H2,1-3H3,(H2,19,20,21). The zero-order valence-corrected chi connectivity index (χ0v) is 14.6. The van der Waals surface area contributed by atoms with Crippen LogP contribution in [0.4, 0.5) is 5.69 Å². The first-order valence-electron chi connectivity index (χ1n) is 8.62. The lowest BCUT2D eigenvalue weighted by Gasteiger charge is -2.26. The molecule has 1 aromatic carbocycles. The monoisotopic (exact) mass is 318 g/mol. The third-order valence-electron chi connectivity index (χ3n) is 4.13. The normalized spacial score (nSPS) is 15.4. The molecular formula is C18H30N4O. The molecule has 2 rings (SSSR count). The highest BCUT2D eigenvalue weighted by Crippen LogP contribution is 2.29. The molecule has 2 N–H and O–H groups in total. The van der Waals surface area contributed by atoms with Gasteiger partial charge in [-0.3, -0.25) is 4.99 Å². The quantitative estimate of drug-likeness (QED) is 0.437. The predicted octanol–water partition coefficient (Wildman–Crippen LogP) is 2.03. The van der Waals surface area contributed by atoms with Gasteiger partial charge in [-0.25, -0.2) is 0 Å². The first-order valence-corrected chi connectivity index (χ1v) is 8.62. The molecule has 0 amide bonds. The highest BCUT2D eigenvalue weighted by Gasteiger charge is 2.22. The summed E-state index contributed by atoms with van der Waals surface area (Å²) >= 11 is 0. The Kier molecular flexibility index (Phi) is 7.20. The minimum atomic E-state index is 0.396. The number of nitrogens with zero attached hydrogens (tertiary/aromatic N) is 2. The number of guanidine groups is 1. The van der Waals surface area contributed by atoms with E-state index >= 15 is 0 Å². The van der Waals surface area contributed by atoms with Gasteiger partial charge in [-0.15, -0.1) is 0 Å². The zero-order valence-electron chi connectivity index (χ0n) is 14.6. The summed E-state index contributed by atoms with van der Waals surface area (Å²) in [4.78, 5) is 7.21. The maximum Gasteiger partial charge on any atom is 0.191 e. The van der Waals surface area contributed by atoms with Crippen LogP contribution in [0.25, 0.3) is 0 Å². The largest absolute Gasteiger partial charge is 0.385 e. The summed E-state index contributed by atoms with van der Waals surface area (Å²) in [6.45, 7) is 8.74. The van der Waals surface area contributed by atoms with E-state index in [-0.39, 0.29) is 0 Å². The Hall–Kier alpha value is -1.75. The van der Waals surface area contributed by atoms with Crippen LogP contribution >= 0.6 is 0 Å². The average molecular weight is 318 g/mol. The Morgan fingerprint density at radius 3 is 2.96 bits per heavy atom. The van der Waals surface area contributed by atoms with E-state index in [0.717, 1.165) is 51.6 Å². The smallest absolute Gasteiger partial charge is 0.191 e. The fourth-order valence-corrected chi connectivity index (χ4v) is 2.91. The first-order chi connectivity index (χ1) is 11.3. The molecule has 5 heteroatoms. The molecule has 0 bridgehead atoms. The van der Waals surface area contributed by atoms with E-state index in [1.807, 2.05) is 0 Å². The molecule has 1 aliphatic heterocycles. The minimum absolute atomic E-state index is 0.396. The van der Waals surface area contributed by atoms with Crippen molar-refractivity contribution in [3.63, 3.8) is 0 Å². The van der Waals surface area contributed by atoms with Crippen LogP contribution in [0.15, 0.2) is 29.3 Å². The van der Waals surface area contributed by atoms with E-state index in [0.29, 0.717) is 6.04 Å². The van der Waals surface area contributed by atoms with Crippen LogP contribution in [0, 0.1) is 0 Å². The van der Waals surface area contributed by atoms with E-state index < -0.39 is 0 Å². The Bertz CT molecular complexity index is 504. The van der Waals surface area contributed by atoms with Gasteiger partial charge in [0.25, 0.3) is 0 Å². The molecule has 0 saturated heterocycles. The van der Waals surface area contributed by atoms with E-state index in [9.17, 15) is 0 Å². The van der Waals surface area contributed by atoms with Gasteiger partial charge in [0.1, 0.15) is 0 Å². The van der Waals surface area contributed by atoms with Crippen molar-refractivity contribution in [1.82, 2.24) is 10.6 Å². The number of aliphatic imine (C=N–C) groups is 1. The molecule has 23 heavy (non-hydrogen) atoms. The fraction of sp³-hybridized carbons (Fsp3) is 0.611. The van der Waals surface area contributed by atoms with Crippen LogP contribution in [-0.4, -0.2) is 51.9 Å². The Morgan fingerprint density at radius 2 is 2.17 bits per heavy atom. The van der Waals surface area contributed by atoms with E-state index in [4.69, 9.17) is 9.73 Å². The average Bonchev–Trinajstić information content (AvgIpc) is 3.00. The molecule has 128 valence electrons. The highest BCUT2D eigenvalue weighted by molar-refractivity contribution is 5.79. The second-order valence-electron chi connectivity index (χ2n) is 5.91. The third kappa shape index (κ3) is 5.13. The van der Waals surface area contributed by atoms with Gasteiger partial charge in [-0.1, -0.05) is 18.2 Å². The van der Waals surface area contributed by atoms with Crippen molar-refractivity contribution < 1.29 is 4.74 Å². The van der Waals surface area contributed by atoms with Gasteiger partial charge in [0.15, 0.2) is 5.96 Å². The molecule has 1 aromatic rings.